The Kier molecular flexibility index (Phi) is 2.90. The van der Waals surface area contributed by atoms with E-state index in [4.69, 9.17) is 4.42 Å². The van der Waals surface area contributed by atoms with E-state index in [1.165, 1.54) is 0 Å². The highest BCUT2D eigenvalue weighted by molar-refractivity contribution is 5.55. The highest BCUT2D eigenvalue weighted by Gasteiger charge is 2.04. The number of furan rings is 1. The van der Waals surface area contributed by atoms with Crippen molar-refractivity contribution in [3.8, 4) is 11.3 Å². The van der Waals surface area contributed by atoms with Crippen molar-refractivity contribution in [1.82, 2.24) is 9.97 Å². The maximum atomic E-state index is 5.49. The molecule has 0 fully saturated rings. The summed E-state index contributed by atoms with van der Waals surface area (Å²) < 4.78 is 5.49. The lowest BCUT2D eigenvalue weighted by Gasteiger charge is -2.07. The van der Waals surface area contributed by atoms with Crippen molar-refractivity contribution in [2.75, 3.05) is 5.32 Å². The standard InChI is InChI=1S/C12H15N3O/c1-8(2)15-12-13-6-10(7-14-12)11-5-4-9(3)16-11/h4-8H,1-3H3,(H,13,14,15). The monoisotopic (exact) mass is 217 g/mol. The average molecular weight is 217 g/mol. The summed E-state index contributed by atoms with van der Waals surface area (Å²) in [4.78, 5) is 8.44. The number of anilines is 1. The van der Waals surface area contributed by atoms with E-state index in [1.807, 2.05) is 32.9 Å². The number of hydrogen-bond acceptors (Lipinski definition) is 4. The third kappa shape index (κ3) is 2.39. The Balaban J connectivity index is 2.19. The van der Waals surface area contributed by atoms with Crippen LogP contribution in [0.5, 0.6) is 0 Å². The van der Waals surface area contributed by atoms with Gasteiger partial charge < -0.3 is 9.73 Å². The third-order valence-electron chi connectivity index (χ3n) is 2.09. The number of nitrogens with one attached hydrogen (secondary N) is 1. The molecule has 0 unspecified atom stereocenters. The van der Waals surface area contributed by atoms with E-state index in [0.717, 1.165) is 17.1 Å². The van der Waals surface area contributed by atoms with E-state index < -0.39 is 0 Å². The number of aryl methyl sites for hydroxylation is 1. The number of aromatic nitrogens is 2. The van der Waals surface area contributed by atoms with Gasteiger partial charge in [-0.1, -0.05) is 0 Å². The van der Waals surface area contributed by atoms with Gasteiger partial charge in [0.05, 0.1) is 5.56 Å². The van der Waals surface area contributed by atoms with Crippen LogP contribution in [-0.4, -0.2) is 16.0 Å². The zero-order valence-corrected chi connectivity index (χ0v) is 9.69. The summed E-state index contributed by atoms with van der Waals surface area (Å²) in [6.45, 7) is 6.01. The summed E-state index contributed by atoms with van der Waals surface area (Å²) in [5, 5.41) is 3.14. The van der Waals surface area contributed by atoms with Gasteiger partial charge in [-0.2, -0.15) is 0 Å². The van der Waals surface area contributed by atoms with E-state index in [9.17, 15) is 0 Å². The molecule has 16 heavy (non-hydrogen) atoms. The summed E-state index contributed by atoms with van der Waals surface area (Å²) in [6.07, 6.45) is 3.52. The fourth-order valence-electron chi connectivity index (χ4n) is 1.38. The van der Waals surface area contributed by atoms with Crippen molar-refractivity contribution in [2.45, 2.75) is 26.8 Å². The fraction of sp³-hybridized carbons (Fsp3) is 0.333. The molecule has 0 aliphatic carbocycles. The van der Waals surface area contributed by atoms with Gasteiger partial charge in [-0.25, -0.2) is 9.97 Å². The molecule has 0 aromatic carbocycles. The highest BCUT2D eigenvalue weighted by atomic mass is 16.3. The lowest BCUT2D eigenvalue weighted by atomic mass is 10.3. The fourth-order valence-corrected chi connectivity index (χ4v) is 1.38. The Morgan fingerprint density at radius 3 is 2.38 bits per heavy atom. The molecular formula is C12H15N3O. The summed E-state index contributed by atoms with van der Waals surface area (Å²) in [6, 6.07) is 4.18. The molecule has 2 aromatic heterocycles. The van der Waals surface area contributed by atoms with E-state index in [1.54, 1.807) is 12.4 Å². The van der Waals surface area contributed by atoms with Crippen molar-refractivity contribution in [2.24, 2.45) is 0 Å². The first kappa shape index (κ1) is 10.7. The van der Waals surface area contributed by atoms with E-state index in [2.05, 4.69) is 15.3 Å². The summed E-state index contributed by atoms with van der Waals surface area (Å²) in [5.74, 6) is 2.33. The lowest BCUT2D eigenvalue weighted by molar-refractivity contribution is 0.548. The maximum Gasteiger partial charge on any atom is 0.222 e. The van der Waals surface area contributed by atoms with Crippen molar-refractivity contribution >= 4 is 5.95 Å². The van der Waals surface area contributed by atoms with Crippen LogP contribution in [-0.2, 0) is 0 Å². The molecule has 0 atom stereocenters. The normalized spacial score (nSPS) is 10.8. The van der Waals surface area contributed by atoms with Gasteiger partial charge in [-0.15, -0.1) is 0 Å². The topological polar surface area (TPSA) is 51.0 Å². The summed E-state index contributed by atoms with van der Waals surface area (Å²) in [5.41, 5.74) is 0.891. The molecule has 1 N–H and O–H groups in total. The van der Waals surface area contributed by atoms with Gasteiger partial charge in [0.25, 0.3) is 0 Å². The maximum absolute atomic E-state index is 5.49. The minimum Gasteiger partial charge on any atom is -0.461 e. The number of rotatable bonds is 3. The van der Waals surface area contributed by atoms with E-state index in [-0.39, 0.29) is 0 Å². The first-order valence-corrected chi connectivity index (χ1v) is 5.30. The van der Waals surface area contributed by atoms with Crippen molar-refractivity contribution in [1.29, 1.82) is 0 Å². The second kappa shape index (κ2) is 4.35. The minimum absolute atomic E-state index is 0.330. The first-order chi connectivity index (χ1) is 7.65. The molecule has 2 rings (SSSR count). The Bertz CT molecular complexity index is 459. The molecule has 0 saturated heterocycles. The van der Waals surface area contributed by atoms with Crippen LogP contribution in [0.4, 0.5) is 5.95 Å². The van der Waals surface area contributed by atoms with Gasteiger partial charge in [-0.05, 0) is 32.9 Å². The third-order valence-corrected chi connectivity index (χ3v) is 2.09. The van der Waals surface area contributed by atoms with Gasteiger partial charge in [0.2, 0.25) is 5.95 Å². The van der Waals surface area contributed by atoms with Gasteiger partial charge in [-0.3, -0.25) is 0 Å². The van der Waals surface area contributed by atoms with E-state index >= 15 is 0 Å². The molecule has 2 heterocycles. The molecule has 2 aromatic rings. The second-order valence-electron chi connectivity index (χ2n) is 4.00. The highest BCUT2D eigenvalue weighted by Crippen LogP contribution is 2.20. The van der Waals surface area contributed by atoms with E-state index in [0.29, 0.717) is 12.0 Å². The Morgan fingerprint density at radius 2 is 1.88 bits per heavy atom. The van der Waals surface area contributed by atoms with Gasteiger partial charge in [0.1, 0.15) is 11.5 Å². The average Bonchev–Trinajstić information content (AvgIpc) is 2.65. The lowest BCUT2D eigenvalue weighted by Crippen LogP contribution is -2.12. The molecule has 0 aliphatic heterocycles. The van der Waals surface area contributed by atoms with Crippen LogP contribution in [0.25, 0.3) is 11.3 Å². The van der Waals surface area contributed by atoms with Crippen LogP contribution in [0.1, 0.15) is 19.6 Å². The summed E-state index contributed by atoms with van der Waals surface area (Å²) in [7, 11) is 0. The molecule has 84 valence electrons. The number of nitrogens with zero attached hydrogens (tertiary/aromatic N) is 2. The van der Waals surface area contributed by atoms with Crippen molar-refractivity contribution in [3.63, 3.8) is 0 Å². The molecule has 0 aliphatic rings. The largest absolute Gasteiger partial charge is 0.461 e. The van der Waals surface area contributed by atoms with Crippen LogP contribution in [0, 0.1) is 6.92 Å². The Hall–Kier alpha value is -1.84. The molecule has 0 spiro atoms. The second-order valence-corrected chi connectivity index (χ2v) is 4.00. The van der Waals surface area contributed by atoms with Gasteiger partial charge in [0.15, 0.2) is 0 Å². The number of hydrogen-bond donors (Lipinski definition) is 1. The summed E-state index contributed by atoms with van der Waals surface area (Å²) >= 11 is 0. The molecule has 0 saturated carbocycles. The smallest absolute Gasteiger partial charge is 0.222 e. The van der Waals surface area contributed by atoms with Crippen molar-refractivity contribution < 1.29 is 4.42 Å². The zero-order chi connectivity index (χ0) is 11.5. The molecule has 0 radical (unpaired) electrons. The Morgan fingerprint density at radius 1 is 1.19 bits per heavy atom. The van der Waals surface area contributed by atoms with Crippen LogP contribution in [0.3, 0.4) is 0 Å². The van der Waals surface area contributed by atoms with Crippen molar-refractivity contribution in [3.05, 3.63) is 30.3 Å². The SMILES string of the molecule is Cc1ccc(-c2cnc(NC(C)C)nc2)o1. The molecule has 0 bridgehead atoms. The van der Waals surface area contributed by atoms with Gasteiger partial charge in [0, 0.05) is 18.4 Å². The Labute approximate surface area is 94.7 Å². The van der Waals surface area contributed by atoms with Crippen LogP contribution < -0.4 is 5.32 Å². The first-order valence-electron chi connectivity index (χ1n) is 5.30. The zero-order valence-electron chi connectivity index (χ0n) is 9.69. The quantitative estimate of drug-likeness (QED) is 0.858. The molecule has 0 amide bonds. The van der Waals surface area contributed by atoms with Gasteiger partial charge >= 0.3 is 0 Å². The van der Waals surface area contributed by atoms with Crippen LogP contribution in [0.2, 0.25) is 0 Å². The predicted octanol–water partition coefficient (Wildman–Crippen LogP) is 2.87. The van der Waals surface area contributed by atoms with Crippen LogP contribution in [0.15, 0.2) is 28.9 Å². The molecular weight excluding hydrogens is 202 g/mol. The predicted molar refractivity (Wildman–Crippen MR) is 63.2 cm³/mol. The minimum atomic E-state index is 0.330. The molecule has 4 heteroatoms. The molecule has 4 nitrogen and oxygen atoms in total. The van der Waals surface area contributed by atoms with Crippen LogP contribution >= 0.6 is 0 Å².